The second-order valence-corrected chi connectivity index (χ2v) is 5.90. The number of amides is 2. The van der Waals surface area contributed by atoms with Gasteiger partial charge in [0.05, 0.1) is 6.54 Å². The van der Waals surface area contributed by atoms with Gasteiger partial charge in [0, 0.05) is 26.1 Å². The molecule has 0 atom stereocenters. The Bertz CT molecular complexity index is 338. The molecule has 0 spiro atoms. The molecule has 1 N–H and O–H groups in total. The molecule has 0 saturated carbocycles. The Labute approximate surface area is 121 Å². The van der Waals surface area contributed by atoms with Crippen LogP contribution in [0.5, 0.6) is 0 Å². The zero-order valence-electron chi connectivity index (χ0n) is 12.6. The molecule has 2 saturated heterocycles. The van der Waals surface area contributed by atoms with Gasteiger partial charge in [0.15, 0.2) is 0 Å². The molecule has 0 radical (unpaired) electrons. The van der Waals surface area contributed by atoms with Gasteiger partial charge in [-0.2, -0.15) is 0 Å². The van der Waals surface area contributed by atoms with E-state index in [4.69, 9.17) is 0 Å². The van der Waals surface area contributed by atoms with Gasteiger partial charge in [-0.15, -0.1) is 0 Å². The van der Waals surface area contributed by atoms with Gasteiger partial charge < -0.3 is 15.1 Å². The van der Waals surface area contributed by atoms with Crippen LogP contribution in [0, 0.1) is 5.92 Å². The minimum atomic E-state index is 0.127. The molecule has 2 rings (SSSR count). The number of carbonyl (C=O) groups excluding carboxylic acids is 2. The van der Waals surface area contributed by atoms with Crippen molar-refractivity contribution in [2.45, 2.75) is 39.0 Å². The van der Waals surface area contributed by atoms with Crippen molar-refractivity contribution >= 4 is 11.8 Å². The van der Waals surface area contributed by atoms with E-state index in [1.807, 2.05) is 4.90 Å². The summed E-state index contributed by atoms with van der Waals surface area (Å²) in [5.74, 6) is 0.962. The maximum atomic E-state index is 12.2. The standard InChI is InChI=1S/C15H27N3O2/c1-2-16-11-13-6-9-17(10-7-13)15(20)12-18-8-4-3-5-14(18)19/h13,16H,2-12H2,1H3. The molecule has 0 aromatic heterocycles. The molecule has 0 bridgehead atoms. The molecule has 2 heterocycles. The fourth-order valence-electron chi connectivity index (χ4n) is 3.03. The van der Waals surface area contributed by atoms with E-state index in [1.165, 1.54) is 0 Å². The minimum absolute atomic E-state index is 0.127. The second-order valence-electron chi connectivity index (χ2n) is 5.90. The number of nitrogens with zero attached hydrogens (tertiary/aromatic N) is 2. The average Bonchev–Trinajstić information content (AvgIpc) is 2.48. The Morgan fingerprint density at radius 3 is 2.65 bits per heavy atom. The lowest BCUT2D eigenvalue weighted by atomic mass is 9.96. The molecule has 114 valence electrons. The van der Waals surface area contributed by atoms with Gasteiger partial charge >= 0.3 is 0 Å². The molecule has 2 aliphatic heterocycles. The maximum absolute atomic E-state index is 12.2. The highest BCUT2D eigenvalue weighted by Gasteiger charge is 2.26. The number of hydrogen-bond donors (Lipinski definition) is 1. The number of nitrogens with one attached hydrogen (secondary N) is 1. The predicted molar refractivity (Wildman–Crippen MR) is 78.3 cm³/mol. The highest BCUT2D eigenvalue weighted by atomic mass is 16.2. The van der Waals surface area contributed by atoms with Crippen LogP contribution in [0.15, 0.2) is 0 Å². The van der Waals surface area contributed by atoms with Crippen LogP contribution in [0.1, 0.15) is 39.0 Å². The fraction of sp³-hybridized carbons (Fsp3) is 0.867. The summed E-state index contributed by atoms with van der Waals surface area (Å²) in [4.78, 5) is 27.6. The van der Waals surface area contributed by atoms with Crippen molar-refractivity contribution in [3.05, 3.63) is 0 Å². The Hall–Kier alpha value is -1.10. The van der Waals surface area contributed by atoms with Crippen LogP contribution in [0.25, 0.3) is 0 Å². The van der Waals surface area contributed by atoms with E-state index in [-0.39, 0.29) is 18.4 Å². The lowest BCUT2D eigenvalue weighted by molar-refractivity contribution is -0.142. The second kappa shape index (κ2) is 7.62. The average molecular weight is 281 g/mol. The first kappa shape index (κ1) is 15.3. The first-order chi connectivity index (χ1) is 9.70. The van der Waals surface area contributed by atoms with Gasteiger partial charge in [0.25, 0.3) is 0 Å². The van der Waals surface area contributed by atoms with Gasteiger partial charge in [-0.05, 0) is 44.7 Å². The largest absolute Gasteiger partial charge is 0.341 e. The third kappa shape index (κ3) is 4.20. The summed E-state index contributed by atoms with van der Waals surface area (Å²) >= 11 is 0. The van der Waals surface area contributed by atoms with E-state index < -0.39 is 0 Å². The summed E-state index contributed by atoms with van der Waals surface area (Å²) < 4.78 is 0. The van der Waals surface area contributed by atoms with E-state index in [2.05, 4.69) is 12.2 Å². The van der Waals surface area contributed by atoms with Crippen molar-refractivity contribution in [1.82, 2.24) is 15.1 Å². The number of hydrogen-bond acceptors (Lipinski definition) is 3. The summed E-state index contributed by atoms with van der Waals surface area (Å²) in [5, 5.41) is 3.38. The molecule has 2 fully saturated rings. The quantitative estimate of drug-likeness (QED) is 0.813. The fourth-order valence-corrected chi connectivity index (χ4v) is 3.03. The van der Waals surface area contributed by atoms with E-state index >= 15 is 0 Å². The predicted octanol–water partition coefficient (Wildman–Crippen LogP) is 0.847. The lowest BCUT2D eigenvalue weighted by Crippen LogP contribution is -2.47. The third-order valence-corrected chi connectivity index (χ3v) is 4.40. The smallest absolute Gasteiger partial charge is 0.242 e. The molecule has 2 amide bonds. The van der Waals surface area contributed by atoms with Crippen LogP contribution in [-0.4, -0.2) is 60.9 Å². The van der Waals surface area contributed by atoms with Gasteiger partial charge in [-0.1, -0.05) is 6.92 Å². The minimum Gasteiger partial charge on any atom is -0.341 e. The number of likely N-dealkylation sites (tertiary alicyclic amines) is 2. The van der Waals surface area contributed by atoms with Crippen LogP contribution >= 0.6 is 0 Å². The highest BCUT2D eigenvalue weighted by Crippen LogP contribution is 2.17. The topological polar surface area (TPSA) is 52.7 Å². The van der Waals surface area contributed by atoms with Crippen molar-refractivity contribution in [2.24, 2.45) is 5.92 Å². The van der Waals surface area contributed by atoms with Crippen molar-refractivity contribution in [3.63, 3.8) is 0 Å². The molecule has 5 nitrogen and oxygen atoms in total. The molecular formula is C15H27N3O2. The number of carbonyl (C=O) groups is 2. The summed E-state index contributed by atoms with van der Waals surface area (Å²) in [6, 6.07) is 0. The summed E-state index contributed by atoms with van der Waals surface area (Å²) in [6.45, 7) is 6.92. The van der Waals surface area contributed by atoms with Crippen LogP contribution in [0.2, 0.25) is 0 Å². The highest BCUT2D eigenvalue weighted by molar-refractivity contribution is 5.85. The van der Waals surface area contributed by atoms with Crippen LogP contribution in [0.4, 0.5) is 0 Å². The van der Waals surface area contributed by atoms with E-state index in [9.17, 15) is 9.59 Å². The molecule has 0 aromatic carbocycles. The van der Waals surface area contributed by atoms with Gasteiger partial charge in [-0.3, -0.25) is 9.59 Å². The van der Waals surface area contributed by atoms with Gasteiger partial charge in [0.2, 0.25) is 11.8 Å². The van der Waals surface area contributed by atoms with Gasteiger partial charge in [-0.25, -0.2) is 0 Å². The van der Waals surface area contributed by atoms with Crippen molar-refractivity contribution < 1.29 is 9.59 Å². The molecule has 0 unspecified atom stereocenters. The first-order valence-electron chi connectivity index (χ1n) is 7.97. The van der Waals surface area contributed by atoms with Gasteiger partial charge in [0.1, 0.15) is 0 Å². The van der Waals surface area contributed by atoms with E-state index in [1.54, 1.807) is 4.90 Å². The molecule has 0 aromatic rings. The molecular weight excluding hydrogens is 254 g/mol. The molecule has 5 heteroatoms. The summed E-state index contributed by atoms with van der Waals surface area (Å²) in [5.41, 5.74) is 0. The Morgan fingerprint density at radius 1 is 1.25 bits per heavy atom. The van der Waals surface area contributed by atoms with Crippen LogP contribution < -0.4 is 5.32 Å². The Balaban J connectivity index is 1.72. The maximum Gasteiger partial charge on any atom is 0.242 e. The summed E-state index contributed by atoms with van der Waals surface area (Å²) in [7, 11) is 0. The van der Waals surface area contributed by atoms with Crippen LogP contribution in [0.3, 0.4) is 0 Å². The normalized spacial score (nSPS) is 21.4. The van der Waals surface area contributed by atoms with Crippen molar-refractivity contribution in [3.8, 4) is 0 Å². The zero-order valence-corrected chi connectivity index (χ0v) is 12.6. The van der Waals surface area contributed by atoms with E-state index in [0.29, 0.717) is 12.3 Å². The van der Waals surface area contributed by atoms with E-state index in [0.717, 1.165) is 58.4 Å². The third-order valence-electron chi connectivity index (χ3n) is 4.40. The lowest BCUT2D eigenvalue weighted by Gasteiger charge is -2.34. The Morgan fingerprint density at radius 2 is 2.00 bits per heavy atom. The number of piperidine rings is 2. The monoisotopic (exact) mass is 281 g/mol. The Kier molecular flexibility index (Phi) is 5.83. The first-order valence-corrected chi connectivity index (χ1v) is 7.97. The zero-order chi connectivity index (χ0) is 14.4. The summed E-state index contributed by atoms with van der Waals surface area (Å²) in [6.07, 6.45) is 4.76. The molecule has 0 aliphatic carbocycles. The number of rotatable bonds is 5. The van der Waals surface area contributed by atoms with Crippen molar-refractivity contribution in [1.29, 1.82) is 0 Å². The SMILES string of the molecule is CCNCC1CCN(C(=O)CN2CCCCC2=O)CC1. The molecule has 2 aliphatic rings. The molecule has 20 heavy (non-hydrogen) atoms. The van der Waals surface area contributed by atoms with Crippen LogP contribution in [-0.2, 0) is 9.59 Å². The van der Waals surface area contributed by atoms with Crippen molar-refractivity contribution in [2.75, 3.05) is 39.3 Å².